The number of aliphatic carboxylic acids is 1. The molecule has 0 bridgehead atoms. The van der Waals surface area contributed by atoms with Gasteiger partial charge in [-0.1, -0.05) is 57.6 Å². The summed E-state index contributed by atoms with van der Waals surface area (Å²) in [7, 11) is 0. The molecule has 0 aliphatic heterocycles. The van der Waals surface area contributed by atoms with Crippen LogP contribution in [-0.2, 0) is 4.79 Å². The first-order valence-corrected chi connectivity index (χ1v) is 8.49. The second kappa shape index (κ2) is 8.36. The van der Waals surface area contributed by atoms with Crippen LogP contribution < -0.4 is 0 Å². The summed E-state index contributed by atoms with van der Waals surface area (Å²) in [5.74, 6) is -0.127. The van der Waals surface area contributed by atoms with Crippen LogP contribution in [0.25, 0.3) is 0 Å². The van der Waals surface area contributed by atoms with Crippen LogP contribution in [0, 0.1) is 17.3 Å². The fourth-order valence-electron chi connectivity index (χ4n) is 3.23. The van der Waals surface area contributed by atoms with Crippen molar-refractivity contribution >= 4 is 5.97 Å². The van der Waals surface area contributed by atoms with Gasteiger partial charge in [-0.15, -0.1) is 0 Å². The molecule has 0 saturated carbocycles. The van der Waals surface area contributed by atoms with Crippen molar-refractivity contribution in [2.45, 2.75) is 66.7 Å². The number of carboxylic acids is 1. The van der Waals surface area contributed by atoms with E-state index < -0.39 is 5.97 Å². The fourth-order valence-corrected chi connectivity index (χ4v) is 3.23. The van der Waals surface area contributed by atoms with Gasteiger partial charge >= 0.3 is 5.97 Å². The topological polar surface area (TPSA) is 37.3 Å². The predicted octanol–water partition coefficient (Wildman–Crippen LogP) is 5.76. The lowest BCUT2D eigenvalue weighted by atomic mass is 9.72. The molecular weight excluding hydrogens is 272 g/mol. The fraction of sp³-hybridized carbons (Fsp3) is 0.650. The van der Waals surface area contributed by atoms with Crippen LogP contribution in [0.1, 0.15) is 66.7 Å². The van der Waals surface area contributed by atoms with Crippen LogP contribution in [-0.4, -0.2) is 11.1 Å². The van der Waals surface area contributed by atoms with Gasteiger partial charge in [-0.05, 0) is 55.4 Å². The van der Waals surface area contributed by atoms with Crippen molar-refractivity contribution < 1.29 is 9.90 Å². The summed E-state index contributed by atoms with van der Waals surface area (Å²) in [6.07, 6.45) is 13.7. The van der Waals surface area contributed by atoms with Crippen LogP contribution in [0.5, 0.6) is 0 Å². The molecule has 22 heavy (non-hydrogen) atoms. The summed E-state index contributed by atoms with van der Waals surface area (Å²) >= 11 is 0. The second-order valence-corrected chi connectivity index (χ2v) is 7.52. The van der Waals surface area contributed by atoms with Crippen LogP contribution in [0.2, 0.25) is 0 Å². The summed E-state index contributed by atoms with van der Waals surface area (Å²) in [5.41, 5.74) is 3.31. The van der Waals surface area contributed by atoms with E-state index in [-0.39, 0.29) is 17.8 Å². The lowest BCUT2D eigenvalue weighted by Gasteiger charge is -2.33. The molecule has 1 aliphatic rings. The molecule has 0 saturated heterocycles. The van der Waals surface area contributed by atoms with E-state index in [9.17, 15) is 4.79 Å². The lowest BCUT2D eigenvalue weighted by molar-refractivity contribution is -0.137. The van der Waals surface area contributed by atoms with E-state index in [2.05, 4.69) is 52.0 Å². The van der Waals surface area contributed by atoms with Gasteiger partial charge in [0.1, 0.15) is 0 Å². The summed E-state index contributed by atoms with van der Waals surface area (Å²) in [5, 5.41) is 8.75. The number of hydrogen-bond donors (Lipinski definition) is 1. The monoisotopic (exact) mass is 304 g/mol. The summed E-state index contributed by atoms with van der Waals surface area (Å²) < 4.78 is 0. The zero-order valence-corrected chi connectivity index (χ0v) is 14.9. The lowest BCUT2D eigenvalue weighted by Crippen LogP contribution is -2.19. The van der Waals surface area contributed by atoms with Crippen LogP contribution >= 0.6 is 0 Å². The Balaban J connectivity index is 2.57. The Hall–Kier alpha value is -1.31. The van der Waals surface area contributed by atoms with Crippen molar-refractivity contribution in [1.29, 1.82) is 0 Å². The van der Waals surface area contributed by atoms with Gasteiger partial charge in [0.05, 0.1) is 0 Å². The zero-order chi connectivity index (χ0) is 16.8. The maximum absolute atomic E-state index is 10.6. The third-order valence-corrected chi connectivity index (χ3v) is 4.61. The van der Waals surface area contributed by atoms with Crippen molar-refractivity contribution in [3.05, 3.63) is 35.5 Å². The molecule has 0 spiro atoms. The highest BCUT2D eigenvalue weighted by molar-refractivity contribution is 5.66. The average Bonchev–Trinajstić information content (AvgIpc) is 2.36. The maximum atomic E-state index is 10.6. The molecule has 0 heterocycles. The van der Waals surface area contributed by atoms with Gasteiger partial charge in [-0.2, -0.15) is 0 Å². The first-order chi connectivity index (χ1) is 10.2. The summed E-state index contributed by atoms with van der Waals surface area (Å²) in [6, 6.07) is 0. The van der Waals surface area contributed by atoms with Gasteiger partial charge in [-0.3, -0.25) is 4.79 Å². The van der Waals surface area contributed by atoms with Crippen molar-refractivity contribution in [1.82, 2.24) is 0 Å². The van der Waals surface area contributed by atoms with E-state index in [0.29, 0.717) is 5.92 Å². The molecule has 0 aromatic heterocycles. The molecule has 2 atom stereocenters. The third kappa shape index (κ3) is 6.21. The molecule has 0 aromatic rings. The largest absolute Gasteiger partial charge is 0.481 e. The normalized spacial score (nSPS) is 21.5. The first kappa shape index (κ1) is 18.7. The Morgan fingerprint density at radius 2 is 2.00 bits per heavy atom. The number of allylic oxidation sites excluding steroid dienone is 6. The van der Waals surface area contributed by atoms with Gasteiger partial charge in [0.15, 0.2) is 0 Å². The Morgan fingerprint density at radius 1 is 1.32 bits per heavy atom. The van der Waals surface area contributed by atoms with Gasteiger partial charge in [0, 0.05) is 6.42 Å². The minimum atomic E-state index is -0.712. The van der Waals surface area contributed by atoms with Crippen molar-refractivity contribution in [3.63, 3.8) is 0 Å². The Kier molecular flexibility index (Phi) is 7.12. The molecule has 124 valence electrons. The molecule has 0 fully saturated rings. The molecule has 1 rings (SSSR count). The molecule has 0 aromatic carbocycles. The minimum absolute atomic E-state index is 0.201. The third-order valence-electron chi connectivity index (χ3n) is 4.61. The zero-order valence-electron chi connectivity index (χ0n) is 14.9. The van der Waals surface area contributed by atoms with Gasteiger partial charge in [-0.25, -0.2) is 0 Å². The standard InChI is InChI=1S/C20H32O2/c1-15(8-6-9-16(2)14-19(21)22)11-12-18-17(3)10-7-13-20(18,4)5/h6,8,11-12,15-16H,7,9-10,13-14H2,1-5H3,(H,21,22)/b8-6+,12-11+. The van der Waals surface area contributed by atoms with E-state index in [1.54, 1.807) is 0 Å². The summed E-state index contributed by atoms with van der Waals surface area (Å²) in [6.45, 7) is 11.1. The molecular formula is C20H32O2. The minimum Gasteiger partial charge on any atom is -0.481 e. The van der Waals surface area contributed by atoms with Gasteiger partial charge < -0.3 is 5.11 Å². The van der Waals surface area contributed by atoms with Crippen LogP contribution in [0.4, 0.5) is 0 Å². The van der Waals surface area contributed by atoms with Crippen LogP contribution in [0.3, 0.4) is 0 Å². The van der Waals surface area contributed by atoms with Crippen LogP contribution in [0.15, 0.2) is 35.5 Å². The van der Waals surface area contributed by atoms with E-state index in [1.165, 1.54) is 30.4 Å². The van der Waals surface area contributed by atoms with Gasteiger partial charge in [0.2, 0.25) is 0 Å². The highest BCUT2D eigenvalue weighted by atomic mass is 16.4. The first-order valence-electron chi connectivity index (χ1n) is 8.49. The van der Waals surface area contributed by atoms with E-state index in [0.717, 1.165) is 6.42 Å². The SMILES string of the molecule is CC1=C(/C=C/C(C)/C=C/CC(C)CC(=O)O)C(C)(C)CCC1. The van der Waals surface area contributed by atoms with E-state index in [1.807, 2.05) is 6.92 Å². The van der Waals surface area contributed by atoms with Crippen molar-refractivity contribution in [2.24, 2.45) is 17.3 Å². The van der Waals surface area contributed by atoms with E-state index >= 15 is 0 Å². The molecule has 0 amide bonds. The number of rotatable bonds is 7. The number of carboxylic acid groups (broad SMARTS) is 1. The molecule has 2 nitrogen and oxygen atoms in total. The Bertz CT molecular complexity index is 466. The number of hydrogen-bond acceptors (Lipinski definition) is 1. The molecule has 1 aliphatic carbocycles. The van der Waals surface area contributed by atoms with Gasteiger partial charge in [0.25, 0.3) is 0 Å². The quantitative estimate of drug-likeness (QED) is 0.607. The predicted molar refractivity (Wildman–Crippen MR) is 93.8 cm³/mol. The number of carbonyl (C=O) groups is 1. The van der Waals surface area contributed by atoms with E-state index in [4.69, 9.17) is 5.11 Å². The second-order valence-electron chi connectivity index (χ2n) is 7.52. The van der Waals surface area contributed by atoms with Crippen molar-refractivity contribution in [2.75, 3.05) is 0 Å². The van der Waals surface area contributed by atoms with Crippen molar-refractivity contribution in [3.8, 4) is 0 Å². The Morgan fingerprint density at radius 3 is 2.59 bits per heavy atom. The smallest absolute Gasteiger partial charge is 0.303 e. The average molecular weight is 304 g/mol. The molecule has 1 N–H and O–H groups in total. The molecule has 2 heteroatoms. The summed E-state index contributed by atoms with van der Waals surface area (Å²) in [4.78, 5) is 10.6. The highest BCUT2D eigenvalue weighted by Gasteiger charge is 2.26. The Labute approximate surface area is 136 Å². The molecule has 0 radical (unpaired) electrons. The highest BCUT2D eigenvalue weighted by Crippen LogP contribution is 2.40. The maximum Gasteiger partial charge on any atom is 0.303 e. The molecule has 2 unspecified atom stereocenters.